The van der Waals surface area contributed by atoms with Crippen LogP contribution < -0.4 is 10.2 Å². The van der Waals surface area contributed by atoms with Crippen LogP contribution in [-0.2, 0) is 43.8 Å². The van der Waals surface area contributed by atoms with Gasteiger partial charge in [0.15, 0.2) is 0 Å². The average Bonchev–Trinajstić information content (AvgIpc) is 2.98. The van der Waals surface area contributed by atoms with Crippen molar-refractivity contribution in [2.75, 3.05) is 26.3 Å². The number of aliphatic hydroxyl groups excluding tert-OH is 2. The second-order valence-corrected chi connectivity index (χ2v) is 12.5. The van der Waals surface area contributed by atoms with Gasteiger partial charge in [-0.25, -0.2) is 8.42 Å². The molecule has 0 aliphatic rings. The van der Waals surface area contributed by atoms with Gasteiger partial charge < -0.3 is 30.2 Å². The second kappa shape index (κ2) is 20.4. The van der Waals surface area contributed by atoms with Crippen molar-refractivity contribution >= 4 is 16.0 Å². The lowest BCUT2D eigenvalue weighted by atomic mass is 10.0. The maximum absolute atomic E-state index is 12.6. The molecule has 0 saturated heterocycles. The van der Waals surface area contributed by atoms with Crippen molar-refractivity contribution < 1.29 is 38.1 Å². The summed E-state index contributed by atoms with van der Waals surface area (Å²) in [4.78, 5) is 17.6. The number of nitrogens with one attached hydrogen (secondary N) is 2. The molecule has 0 spiro atoms. The summed E-state index contributed by atoms with van der Waals surface area (Å²) in [6.07, 6.45) is 9.82. The molecule has 2 rings (SSSR count). The number of ether oxygens (including phenoxy) is 1. The fourth-order valence-corrected chi connectivity index (χ4v) is 5.59. The monoisotopic (exact) mass is 622 g/mol. The van der Waals surface area contributed by atoms with Gasteiger partial charge in [-0.15, -0.1) is 0 Å². The van der Waals surface area contributed by atoms with Gasteiger partial charge in [0, 0.05) is 32.2 Å². The minimum Gasteiger partial charge on any atom is -0.508 e. The van der Waals surface area contributed by atoms with E-state index >= 15 is 0 Å². The van der Waals surface area contributed by atoms with Gasteiger partial charge in [0.2, 0.25) is 0 Å². The zero-order valence-corrected chi connectivity index (χ0v) is 26.5. The normalized spacial score (nSPS) is 12.4. The van der Waals surface area contributed by atoms with E-state index in [1.807, 2.05) is 4.89 Å². The average molecular weight is 623 g/mol. The first-order chi connectivity index (χ1) is 20.7. The van der Waals surface area contributed by atoms with Crippen LogP contribution in [0.15, 0.2) is 41.3 Å². The Balaban J connectivity index is 1.60. The molecule has 0 aromatic heterocycles. The molecule has 1 unspecified atom stereocenters. The molecule has 0 heterocycles. The Kier molecular flexibility index (Phi) is 17.4. The predicted molar refractivity (Wildman–Crippen MR) is 166 cm³/mol. The van der Waals surface area contributed by atoms with Crippen LogP contribution in [0.1, 0.15) is 100.0 Å². The largest absolute Gasteiger partial charge is 0.508 e. The first-order valence-corrected chi connectivity index (χ1v) is 16.9. The van der Waals surface area contributed by atoms with Crippen molar-refractivity contribution in [3.63, 3.8) is 0 Å². The highest BCUT2D eigenvalue weighted by Gasteiger charge is 2.18. The Hall–Kier alpha value is -2.54. The summed E-state index contributed by atoms with van der Waals surface area (Å²) >= 11 is 0. The second-order valence-electron chi connectivity index (χ2n) is 10.9. The summed E-state index contributed by atoms with van der Waals surface area (Å²) in [5, 5.41) is 32.5. The minimum absolute atomic E-state index is 0.0238. The number of unbranched alkanes of at least 4 members (excludes halogenated alkanes) is 6. The number of aliphatic hydroxyl groups is 2. The molecule has 10 nitrogen and oxygen atoms in total. The lowest BCUT2D eigenvalue weighted by Crippen LogP contribution is -2.26. The van der Waals surface area contributed by atoms with Crippen LogP contribution in [0.5, 0.6) is 5.75 Å². The number of hydrogen-bond acceptors (Lipinski definition) is 9. The van der Waals surface area contributed by atoms with Gasteiger partial charge in [-0.05, 0) is 97.3 Å². The van der Waals surface area contributed by atoms with E-state index in [2.05, 4.69) is 23.1 Å². The topological polar surface area (TPSA) is 154 Å². The standard InChI is InChI=1S/C32H50N2O8S/c1-3-4-7-12-26-19-27(21-30(20-26)43(39,40)34-42-25(2)36)13-8-11-18-41-17-10-6-5-9-16-33-23-32(38)28-14-15-31(37)29(22-28)24-35/h14-15,19-22,32-35,37-38H,3-13,16-18,23-24H2,1-2H3. The molecule has 242 valence electrons. The van der Waals surface area contributed by atoms with E-state index in [1.165, 1.54) is 6.07 Å². The Labute approximate surface area is 256 Å². The SMILES string of the molecule is CCCCCc1cc(CCCCOCCCCCCNCC(O)c2ccc(O)c(CO)c2)cc(S(=O)(=O)NOC(C)=O)c1. The van der Waals surface area contributed by atoms with Crippen molar-refractivity contribution in [2.45, 2.75) is 102 Å². The number of hydrogen-bond donors (Lipinski definition) is 5. The highest BCUT2D eigenvalue weighted by molar-refractivity contribution is 7.89. The van der Waals surface area contributed by atoms with E-state index in [-0.39, 0.29) is 17.3 Å². The van der Waals surface area contributed by atoms with Gasteiger partial charge in [0.05, 0.1) is 17.6 Å². The quantitative estimate of drug-likeness (QED) is 0.0884. The first kappa shape index (κ1) is 36.7. The van der Waals surface area contributed by atoms with Crippen LogP contribution in [0.3, 0.4) is 0 Å². The summed E-state index contributed by atoms with van der Waals surface area (Å²) in [6.45, 7) is 5.56. The summed E-state index contributed by atoms with van der Waals surface area (Å²) in [5.41, 5.74) is 2.97. The zero-order chi connectivity index (χ0) is 31.5. The smallest absolute Gasteiger partial charge is 0.323 e. The lowest BCUT2D eigenvalue weighted by molar-refractivity contribution is -0.144. The van der Waals surface area contributed by atoms with Crippen molar-refractivity contribution in [1.29, 1.82) is 0 Å². The molecule has 0 fully saturated rings. The number of sulfonamides is 1. The molecule has 11 heteroatoms. The molecule has 0 radical (unpaired) electrons. The van der Waals surface area contributed by atoms with Gasteiger partial charge in [0.1, 0.15) is 5.75 Å². The van der Waals surface area contributed by atoms with Crippen molar-refractivity contribution in [1.82, 2.24) is 10.2 Å². The number of phenols is 1. The summed E-state index contributed by atoms with van der Waals surface area (Å²) in [5.74, 6) is -0.700. The Morgan fingerprint density at radius 1 is 0.907 bits per heavy atom. The van der Waals surface area contributed by atoms with E-state index in [0.717, 1.165) is 95.2 Å². The number of rotatable bonds is 23. The molecule has 1 atom stereocenters. The van der Waals surface area contributed by atoms with Gasteiger partial charge >= 0.3 is 5.97 Å². The maximum Gasteiger partial charge on any atom is 0.323 e. The summed E-state index contributed by atoms with van der Waals surface area (Å²) in [7, 11) is -3.95. The molecule has 2 aromatic rings. The van der Waals surface area contributed by atoms with Crippen LogP contribution in [0.4, 0.5) is 0 Å². The molecule has 0 aliphatic heterocycles. The van der Waals surface area contributed by atoms with Crippen LogP contribution >= 0.6 is 0 Å². The Bertz CT molecular complexity index is 1210. The van der Waals surface area contributed by atoms with E-state index in [4.69, 9.17) is 4.74 Å². The van der Waals surface area contributed by atoms with Gasteiger partial charge in [-0.3, -0.25) is 4.79 Å². The summed E-state index contributed by atoms with van der Waals surface area (Å²) < 4.78 is 31.0. The van der Waals surface area contributed by atoms with E-state index in [9.17, 15) is 28.5 Å². The molecule has 0 amide bonds. The van der Waals surface area contributed by atoms with Crippen LogP contribution in [0.25, 0.3) is 0 Å². The highest BCUT2D eigenvalue weighted by Crippen LogP contribution is 2.22. The Morgan fingerprint density at radius 2 is 1.56 bits per heavy atom. The van der Waals surface area contributed by atoms with E-state index < -0.39 is 22.1 Å². The van der Waals surface area contributed by atoms with Gasteiger partial charge in [-0.1, -0.05) is 44.7 Å². The first-order valence-electron chi connectivity index (χ1n) is 15.4. The number of aromatic hydroxyl groups is 1. The molecule has 0 saturated carbocycles. The molecule has 2 aromatic carbocycles. The number of benzene rings is 2. The zero-order valence-electron chi connectivity index (χ0n) is 25.6. The highest BCUT2D eigenvalue weighted by atomic mass is 32.2. The molecule has 5 N–H and O–H groups in total. The minimum atomic E-state index is -3.95. The van der Waals surface area contributed by atoms with Crippen LogP contribution in [0.2, 0.25) is 0 Å². The number of carbonyl (C=O) groups excluding carboxylic acids is 1. The fraction of sp³-hybridized carbons (Fsp3) is 0.594. The van der Waals surface area contributed by atoms with Gasteiger partial charge in [-0.2, -0.15) is 0 Å². The third-order valence-corrected chi connectivity index (χ3v) is 8.25. The van der Waals surface area contributed by atoms with Gasteiger partial charge in [0.25, 0.3) is 10.0 Å². The van der Waals surface area contributed by atoms with Crippen LogP contribution in [0, 0.1) is 0 Å². The predicted octanol–water partition coefficient (Wildman–Crippen LogP) is 4.60. The van der Waals surface area contributed by atoms with E-state index in [1.54, 1.807) is 24.3 Å². The molecule has 0 bridgehead atoms. The molecular weight excluding hydrogens is 572 g/mol. The maximum atomic E-state index is 12.6. The van der Waals surface area contributed by atoms with E-state index in [0.29, 0.717) is 30.9 Å². The third-order valence-electron chi connectivity index (χ3n) is 7.09. The van der Waals surface area contributed by atoms with Crippen molar-refractivity contribution in [2.24, 2.45) is 0 Å². The summed E-state index contributed by atoms with van der Waals surface area (Å²) in [6, 6.07) is 10.1. The third kappa shape index (κ3) is 14.7. The van der Waals surface area contributed by atoms with Crippen LogP contribution in [-0.4, -0.2) is 56.0 Å². The lowest BCUT2D eigenvalue weighted by Gasteiger charge is -2.14. The number of aryl methyl sites for hydroxylation is 2. The van der Waals surface area contributed by atoms with Crippen molar-refractivity contribution in [3.8, 4) is 5.75 Å². The molecular formula is C32H50N2O8S. The fourth-order valence-electron chi connectivity index (χ4n) is 4.65. The van der Waals surface area contributed by atoms with Crippen molar-refractivity contribution in [3.05, 3.63) is 58.7 Å². The Morgan fingerprint density at radius 3 is 2.21 bits per heavy atom. The number of carbonyl (C=O) groups is 1. The molecule has 0 aliphatic carbocycles. The molecule has 43 heavy (non-hydrogen) atoms.